The first-order chi connectivity index (χ1) is 18.9. The van der Waals surface area contributed by atoms with Crippen molar-refractivity contribution in [2.75, 3.05) is 16.4 Å². The van der Waals surface area contributed by atoms with Gasteiger partial charge in [-0.15, -0.1) is 0 Å². The highest BCUT2D eigenvalue weighted by Crippen LogP contribution is 2.72. The number of carbonyl (C=O) groups is 5. The van der Waals surface area contributed by atoms with Crippen LogP contribution in [0.15, 0.2) is 59.7 Å². The first-order valence-corrected chi connectivity index (χ1v) is 14.3. The maximum Gasteiger partial charge on any atom is 0.334 e. The zero-order valence-corrected chi connectivity index (χ0v) is 24.7. The van der Waals surface area contributed by atoms with Gasteiger partial charge in [0.15, 0.2) is 0 Å². The van der Waals surface area contributed by atoms with Crippen LogP contribution < -0.4 is 9.80 Å². The van der Waals surface area contributed by atoms with Gasteiger partial charge in [-0.3, -0.25) is 19.2 Å². The molecule has 0 N–H and O–H groups in total. The van der Waals surface area contributed by atoms with Gasteiger partial charge < -0.3 is 4.74 Å². The second-order valence-corrected chi connectivity index (χ2v) is 12.8. The standard InChI is InChI=1S/C29H23BrCl2N2O6/c1-4-40-27(39)18-13(2)29(30)21-19(23(35)33(25(21)37)16-9-5-14(31)6-10-16)28(18,3)20-22(29)26(38)34(24(20)36)17-11-7-15(32)8-12-17/h5-12,19-22H,4H2,1-3H3/t19-,20-,21+,22+,28?,29?/m0/s1. The molecule has 3 aliphatic carbocycles. The molecule has 0 unspecified atom stereocenters. The molecule has 2 aromatic carbocycles. The van der Waals surface area contributed by atoms with Crippen molar-refractivity contribution < 1.29 is 28.7 Å². The summed E-state index contributed by atoms with van der Waals surface area (Å²) in [6, 6.07) is 12.5. The number of allylic oxidation sites excluding steroid dienone is 1. The van der Waals surface area contributed by atoms with E-state index in [1.165, 1.54) is 0 Å². The van der Waals surface area contributed by atoms with E-state index < -0.39 is 63.0 Å². The van der Waals surface area contributed by atoms with Crippen LogP contribution in [0.5, 0.6) is 0 Å². The topological polar surface area (TPSA) is 101 Å². The number of ether oxygens (including phenoxy) is 1. The number of amides is 4. The fraction of sp³-hybridized carbons (Fsp3) is 0.345. The summed E-state index contributed by atoms with van der Waals surface area (Å²) in [5, 5.41) is 0.860. The summed E-state index contributed by atoms with van der Waals surface area (Å²) in [5.74, 6) is -7.16. The third-order valence-electron chi connectivity index (χ3n) is 8.95. The van der Waals surface area contributed by atoms with E-state index in [0.29, 0.717) is 27.0 Å². The molecule has 7 rings (SSSR count). The number of hydrogen-bond donors (Lipinski definition) is 0. The minimum absolute atomic E-state index is 0.0662. The van der Waals surface area contributed by atoms with Crippen LogP contribution in [0.25, 0.3) is 0 Å². The maximum absolute atomic E-state index is 14.2. The van der Waals surface area contributed by atoms with Crippen LogP contribution >= 0.6 is 39.1 Å². The van der Waals surface area contributed by atoms with Crippen molar-refractivity contribution in [2.45, 2.75) is 25.1 Å². The fourth-order valence-electron chi connectivity index (χ4n) is 7.42. The lowest BCUT2D eigenvalue weighted by Crippen LogP contribution is -2.67. The van der Waals surface area contributed by atoms with E-state index in [-0.39, 0.29) is 12.2 Å². The molecule has 2 aliphatic heterocycles. The second-order valence-electron chi connectivity index (χ2n) is 10.7. The summed E-state index contributed by atoms with van der Waals surface area (Å²) in [4.78, 5) is 72.5. The number of esters is 1. The van der Waals surface area contributed by atoms with Gasteiger partial charge in [0.05, 0.1) is 46.0 Å². The number of carbonyl (C=O) groups excluding carboxylic acids is 5. The number of imide groups is 2. The molecule has 2 bridgehead atoms. The first kappa shape index (κ1) is 27.2. The number of halogens is 3. The van der Waals surface area contributed by atoms with Gasteiger partial charge in [-0.05, 0) is 68.0 Å². The SMILES string of the molecule is CCOC(=O)C1=C(C)C2(Br)[C@H]3C(=O)N(c4ccc(Cl)cc4)C(=O)[C@H]3C1(C)[C@@H]1C(=O)N(c3ccc(Cl)cc3)C(=O)[C@@H]12. The lowest BCUT2D eigenvalue weighted by Gasteiger charge is -2.59. The van der Waals surface area contributed by atoms with Crippen LogP contribution in [0, 0.1) is 29.1 Å². The van der Waals surface area contributed by atoms with Gasteiger partial charge in [0.25, 0.3) is 0 Å². The van der Waals surface area contributed by atoms with E-state index in [1.807, 2.05) is 0 Å². The van der Waals surface area contributed by atoms with Crippen molar-refractivity contribution in [2.24, 2.45) is 29.1 Å². The Labute approximate surface area is 248 Å². The third kappa shape index (κ3) is 3.22. The average molecular weight is 646 g/mol. The Kier molecular flexibility index (Phi) is 6.11. The zero-order valence-electron chi connectivity index (χ0n) is 21.6. The van der Waals surface area contributed by atoms with E-state index in [4.69, 9.17) is 27.9 Å². The van der Waals surface area contributed by atoms with Crippen molar-refractivity contribution in [3.63, 3.8) is 0 Å². The Morgan fingerprint density at radius 1 is 0.800 bits per heavy atom. The molecule has 3 fully saturated rings. The minimum atomic E-state index is -1.51. The molecular formula is C29H23BrCl2N2O6. The highest BCUT2D eigenvalue weighted by molar-refractivity contribution is 9.10. The third-order valence-corrected chi connectivity index (χ3v) is 11.0. The van der Waals surface area contributed by atoms with E-state index in [2.05, 4.69) is 15.9 Å². The molecule has 8 nitrogen and oxygen atoms in total. The smallest absolute Gasteiger partial charge is 0.334 e. The summed E-state index contributed by atoms with van der Waals surface area (Å²) in [7, 11) is 0. The number of anilines is 2. The van der Waals surface area contributed by atoms with Crippen molar-refractivity contribution in [1.29, 1.82) is 0 Å². The molecule has 2 saturated heterocycles. The Bertz CT molecular complexity index is 1460. The Hall–Kier alpha value is -3.01. The highest BCUT2D eigenvalue weighted by atomic mass is 79.9. The van der Waals surface area contributed by atoms with Crippen LogP contribution in [-0.4, -0.2) is 40.5 Å². The second kappa shape index (κ2) is 8.99. The summed E-state index contributed by atoms with van der Waals surface area (Å²) >= 11 is 15.8. The minimum Gasteiger partial charge on any atom is -0.463 e. The Balaban J connectivity index is 1.58. The molecular weight excluding hydrogens is 623 g/mol. The maximum atomic E-state index is 14.2. The molecule has 1 saturated carbocycles. The van der Waals surface area contributed by atoms with Gasteiger partial charge in [0, 0.05) is 21.0 Å². The predicted octanol–water partition coefficient (Wildman–Crippen LogP) is 4.95. The molecule has 4 atom stereocenters. The van der Waals surface area contributed by atoms with E-state index in [9.17, 15) is 24.0 Å². The molecule has 2 aromatic rings. The lowest BCUT2D eigenvalue weighted by molar-refractivity contribution is -0.152. The Morgan fingerprint density at radius 3 is 1.55 bits per heavy atom. The number of rotatable bonds is 4. The summed E-state index contributed by atoms with van der Waals surface area (Å²) < 4.78 is 3.92. The normalized spacial score (nSPS) is 32.6. The monoisotopic (exact) mass is 644 g/mol. The van der Waals surface area contributed by atoms with Crippen LogP contribution in [0.3, 0.4) is 0 Å². The van der Waals surface area contributed by atoms with Gasteiger partial charge in [-0.1, -0.05) is 46.1 Å². The molecule has 0 spiro atoms. The van der Waals surface area contributed by atoms with Gasteiger partial charge in [0.1, 0.15) is 0 Å². The van der Waals surface area contributed by atoms with E-state index >= 15 is 0 Å². The first-order valence-electron chi connectivity index (χ1n) is 12.7. The molecule has 5 aliphatic rings. The van der Waals surface area contributed by atoms with Crippen LogP contribution in [0.4, 0.5) is 11.4 Å². The molecule has 206 valence electrons. The molecule has 40 heavy (non-hydrogen) atoms. The van der Waals surface area contributed by atoms with Crippen LogP contribution in [0.1, 0.15) is 20.8 Å². The van der Waals surface area contributed by atoms with Crippen molar-refractivity contribution in [1.82, 2.24) is 0 Å². The summed E-state index contributed by atoms with van der Waals surface area (Å²) in [6.07, 6.45) is 0. The number of benzene rings is 2. The van der Waals surface area contributed by atoms with Crippen molar-refractivity contribution >= 4 is 80.1 Å². The van der Waals surface area contributed by atoms with Crippen LogP contribution in [0.2, 0.25) is 10.0 Å². The quantitative estimate of drug-likeness (QED) is 0.265. The zero-order chi connectivity index (χ0) is 28.9. The molecule has 0 radical (unpaired) electrons. The fourth-order valence-corrected chi connectivity index (χ4v) is 8.79. The van der Waals surface area contributed by atoms with Gasteiger partial charge in [-0.25, -0.2) is 14.6 Å². The number of nitrogens with zero attached hydrogens (tertiary/aromatic N) is 2. The molecule has 11 heteroatoms. The highest BCUT2D eigenvalue weighted by Gasteiger charge is 2.81. The number of hydrogen-bond acceptors (Lipinski definition) is 6. The average Bonchev–Trinajstić information content (AvgIpc) is 3.34. The van der Waals surface area contributed by atoms with Crippen molar-refractivity contribution in [3.8, 4) is 0 Å². The van der Waals surface area contributed by atoms with Crippen molar-refractivity contribution in [3.05, 3.63) is 69.7 Å². The van der Waals surface area contributed by atoms with Gasteiger partial charge >= 0.3 is 5.97 Å². The van der Waals surface area contributed by atoms with Gasteiger partial charge in [0.2, 0.25) is 23.6 Å². The molecule has 4 amide bonds. The molecule has 0 aromatic heterocycles. The van der Waals surface area contributed by atoms with Crippen LogP contribution in [-0.2, 0) is 28.7 Å². The van der Waals surface area contributed by atoms with E-state index in [0.717, 1.165) is 9.80 Å². The molecule has 2 heterocycles. The van der Waals surface area contributed by atoms with Gasteiger partial charge in [-0.2, -0.15) is 0 Å². The number of alkyl halides is 1. The van der Waals surface area contributed by atoms with E-state index in [1.54, 1.807) is 69.3 Å². The predicted molar refractivity (Wildman–Crippen MR) is 151 cm³/mol. The Morgan fingerprint density at radius 2 is 1.18 bits per heavy atom. The largest absolute Gasteiger partial charge is 0.463 e. The summed E-state index contributed by atoms with van der Waals surface area (Å²) in [5.41, 5.74) is -0.327. The lowest BCUT2D eigenvalue weighted by atomic mass is 9.43. The summed E-state index contributed by atoms with van der Waals surface area (Å²) in [6.45, 7) is 5.02.